The Labute approximate surface area is 236 Å². The predicted molar refractivity (Wildman–Crippen MR) is 155 cm³/mol. The average Bonchev–Trinajstić information content (AvgIpc) is 3.27. The Bertz CT molecular complexity index is 1890. The van der Waals surface area contributed by atoms with Crippen molar-refractivity contribution in [3.05, 3.63) is 125 Å². The van der Waals surface area contributed by atoms with Crippen LogP contribution in [0, 0.1) is 11.3 Å². The molecule has 41 heavy (non-hydrogen) atoms. The molecule has 0 amide bonds. The number of aromatic carboxylic acids is 1. The number of allylic oxidation sites excluding steroid dienone is 3. The zero-order valence-electron chi connectivity index (χ0n) is 21.7. The summed E-state index contributed by atoms with van der Waals surface area (Å²) in [4.78, 5) is 26.2. The SMILES string of the molecule is CS(=O)(=O)Nc1ccc(C(=O)C(C#N)=CC=C2Oc3cc4ccccc4cc3N2Cc2ccc(C(=O)O)cc2)cc1. The maximum Gasteiger partial charge on any atom is 0.335 e. The van der Waals surface area contributed by atoms with E-state index in [0.717, 1.165) is 28.3 Å². The number of fused-ring (bicyclic) bond motifs is 2. The van der Waals surface area contributed by atoms with Crippen LogP contribution in [0.5, 0.6) is 5.75 Å². The van der Waals surface area contributed by atoms with Gasteiger partial charge in [-0.2, -0.15) is 5.26 Å². The fourth-order valence-electron chi connectivity index (χ4n) is 4.39. The number of ketones is 1. The number of hydrogen-bond donors (Lipinski definition) is 2. The highest BCUT2D eigenvalue weighted by atomic mass is 32.2. The van der Waals surface area contributed by atoms with Crippen LogP contribution in [0.3, 0.4) is 0 Å². The van der Waals surface area contributed by atoms with E-state index in [-0.39, 0.29) is 16.7 Å². The summed E-state index contributed by atoms with van der Waals surface area (Å²) in [5.74, 6) is -0.568. The smallest absolute Gasteiger partial charge is 0.335 e. The van der Waals surface area contributed by atoms with Crippen LogP contribution in [0.2, 0.25) is 0 Å². The highest BCUT2D eigenvalue weighted by molar-refractivity contribution is 7.92. The van der Waals surface area contributed by atoms with Crippen molar-refractivity contribution in [3.63, 3.8) is 0 Å². The Balaban J connectivity index is 1.48. The molecular weight excluding hydrogens is 542 g/mol. The lowest BCUT2D eigenvalue weighted by Crippen LogP contribution is -2.19. The highest BCUT2D eigenvalue weighted by Gasteiger charge is 2.27. The summed E-state index contributed by atoms with van der Waals surface area (Å²) in [6.45, 7) is 0.343. The van der Waals surface area contributed by atoms with Crippen LogP contribution < -0.4 is 14.4 Å². The molecule has 0 aliphatic carbocycles. The van der Waals surface area contributed by atoms with Gasteiger partial charge in [-0.1, -0.05) is 36.4 Å². The van der Waals surface area contributed by atoms with Gasteiger partial charge >= 0.3 is 5.97 Å². The van der Waals surface area contributed by atoms with Gasteiger partial charge in [-0.15, -0.1) is 0 Å². The first-order valence-corrected chi connectivity index (χ1v) is 14.3. The number of benzene rings is 4. The highest BCUT2D eigenvalue weighted by Crippen LogP contribution is 2.42. The van der Waals surface area contributed by atoms with Gasteiger partial charge in [-0.05, 0) is 70.9 Å². The van der Waals surface area contributed by atoms with Crippen LogP contribution in [0.15, 0.2) is 109 Å². The number of rotatable bonds is 8. The molecule has 2 N–H and O–H groups in total. The number of nitrogens with zero attached hydrogens (tertiary/aromatic N) is 2. The number of hydrogen-bond acceptors (Lipinski definition) is 7. The molecule has 0 fully saturated rings. The summed E-state index contributed by atoms with van der Waals surface area (Å²) in [5, 5.41) is 21.0. The van der Waals surface area contributed by atoms with E-state index in [1.807, 2.05) is 47.4 Å². The number of carboxylic acid groups (broad SMARTS) is 1. The fourth-order valence-corrected chi connectivity index (χ4v) is 4.95. The standard InChI is InChI=1S/C31H23N3O6S/c1-41(38,39)33-26-13-10-21(11-14-26)30(35)25(18-32)12-15-29-34(19-20-6-8-22(9-7-20)31(36)37)27-16-23-4-2-3-5-24(23)17-28(27)40-29/h2-17,33H,19H2,1H3,(H,36,37). The predicted octanol–water partition coefficient (Wildman–Crippen LogP) is 5.48. The van der Waals surface area contributed by atoms with E-state index in [1.165, 1.54) is 42.5 Å². The number of ether oxygens (including phenoxy) is 1. The van der Waals surface area contributed by atoms with Crippen molar-refractivity contribution in [2.45, 2.75) is 6.54 Å². The second-order valence-electron chi connectivity index (χ2n) is 9.34. The molecule has 1 heterocycles. The van der Waals surface area contributed by atoms with Gasteiger partial charge in [0.05, 0.1) is 24.1 Å². The molecule has 0 unspecified atom stereocenters. The molecule has 1 aliphatic rings. The van der Waals surface area contributed by atoms with Crippen molar-refractivity contribution < 1.29 is 27.9 Å². The van der Waals surface area contributed by atoms with Crippen LogP contribution in [-0.4, -0.2) is 31.5 Å². The monoisotopic (exact) mass is 565 g/mol. The van der Waals surface area contributed by atoms with E-state index >= 15 is 0 Å². The van der Waals surface area contributed by atoms with Crippen LogP contribution in [-0.2, 0) is 16.6 Å². The number of carbonyl (C=O) groups excluding carboxylic acids is 1. The Morgan fingerprint density at radius 2 is 1.61 bits per heavy atom. The zero-order chi connectivity index (χ0) is 29.1. The van der Waals surface area contributed by atoms with E-state index in [1.54, 1.807) is 18.2 Å². The Morgan fingerprint density at radius 1 is 0.976 bits per heavy atom. The quantitative estimate of drug-likeness (QED) is 0.163. The normalized spacial score (nSPS) is 13.9. The first kappa shape index (κ1) is 27.2. The molecular formula is C31H23N3O6S. The van der Waals surface area contributed by atoms with Crippen molar-refractivity contribution in [1.29, 1.82) is 5.26 Å². The molecule has 4 aromatic rings. The third kappa shape index (κ3) is 6.11. The van der Waals surface area contributed by atoms with Gasteiger partial charge in [0.2, 0.25) is 21.7 Å². The largest absolute Gasteiger partial charge is 0.478 e. The maximum absolute atomic E-state index is 13.1. The lowest BCUT2D eigenvalue weighted by Gasteiger charge is -2.18. The minimum atomic E-state index is -3.47. The Hall–Kier alpha value is -5.40. The van der Waals surface area contributed by atoms with E-state index in [2.05, 4.69) is 4.72 Å². The molecule has 204 valence electrons. The molecule has 9 nitrogen and oxygen atoms in total. The first-order valence-electron chi connectivity index (χ1n) is 12.4. The van der Waals surface area contributed by atoms with Gasteiger partial charge in [0, 0.05) is 17.3 Å². The van der Waals surface area contributed by atoms with E-state index < -0.39 is 21.8 Å². The van der Waals surface area contributed by atoms with Crippen LogP contribution in [0.4, 0.5) is 11.4 Å². The Kier molecular flexibility index (Phi) is 7.29. The van der Waals surface area contributed by atoms with Crippen molar-refractivity contribution in [1.82, 2.24) is 0 Å². The third-order valence-electron chi connectivity index (χ3n) is 6.35. The van der Waals surface area contributed by atoms with Crippen LogP contribution in [0.25, 0.3) is 10.8 Å². The summed E-state index contributed by atoms with van der Waals surface area (Å²) in [7, 11) is -3.47. The number of carboxylic acids is 1. The topological polar surface area (TPSA) is 137 Å². The second-order valence-corrected chi connectivity index (χ2v) is 11.1. The second kappa shape index (κ2) is 11.0. The Morgan fingerprint density at radius 3 is 2.22 bits per heavy atom. The molecule has 4 aromatic carbocycles. The van der Waals surface area contributed by atoms with Crippen molar-refractivity contribution in [2.75, 3.05) is 15.9 Å². The summed E-state index contributed by atoms with van der Waals surface area (Å²) in [6, 6.07) is 25.9. The summed E-state index contributed by atoms with van der Waals surface area (Å²) in [5.41, 5.74) is 2.15. The van der Waals surface area contributed by atoms with Crippen LogP contribution >= 0.6 is 0 Å². The number of anilines is 2. The molecule has 0 saturated carbocycles. The number of nitriles is 1. The minimum absolute atomic E-state index is 0.142. The average molecular weight is 566 g/mol. The van der Waals surface area contributed by atoms with Crippen molar-refractivity contribution in [3.8, 4) is 11.8 Å². The third-order valence-corrected chi connectivity index (χ3v) is 6.95. The number of sulfonamides is 1. The zero-order valence-corrected chi connectivity index (χ0v) is 22.6. The number of Topliss-reactive ketones (excluding diaryl/α,β-unsaturated/α-hetero) is 1. The minimum Gasteiger partial charge on any atom is -0.478 e. The maximum atomic E-state index is 13.1. The molecule has 10 heteroatoms. The molecule has 0 aromatic heterocycles. The molecule has 0 saturated heterocycles. The van der Waals surface area contributed by atoms with E-state index in [0.29, 0.717) is 23.9 Å². The number of nitrogens with one attached hydrogen (secondary N) is 1. The number of carbonyl (C=O) groups is 2. The summed E-state index contributed by atoms with van der Waals surface area (Å²) >= 11 is 0. The molecule has 0 radical (unpaired) electrons. The summed E-state index contributed by atoms with van der Waals surface area (Å²) < 4.78 is 31.4. The molecule has 0 atom stereocenters. The molecule has 0 spiro atoms. The van der Waals surface area contributed by atoms with Crippen molar-refractivity contribution in [2.24, 2.45) is 0 Å². The van der Waals surface area contributed by atoms with Gasteiger partial charge < -0.3 is 14.7 Å². The van der Waals surface area contributed by atoms with Gasteiger partial charge in [-0.25, -0.2) is 13.2 Å². The lowest BCUT2D eigenvalue weighted by atomic mass is 10.0. The van der Waals surface area contributed by atoms with Crippen molar-refractivity contribution >= 4 is 43.9 Å². The van der Waals surface area contributed by atoms with Gasteiger partial charge in [-0.3, -0.25) is 9.52 Å². The molecule has 0 bridgehead atoms. The summed E-state index contributed by atoms with van der Waals surface area (Å²) in [6.07, 6.45) is 3.95. The van der Waals surface area contributed by atoms with Gasteiger partial charge in [0.25, 0.3) is 0 Å². The molecule has 5 rings (SSSR count). The van der Waals surface area contributed by atoms with E-state index in [9.17, 15) is 28.4 Å². The lowest BCUT2D eigenvalue weighted by molar-refractivity contribution is 0.0696. The molecule has 1 aliphatic heterocycles. The van der Waals surface area contributed by atoms with Gasteiger partial charge in [0.1, 0.15) is 11.6 Å². The van der Waals surface area contributed by atoms with Crippen LogP contribution in [0.1, 0.15) is 26.3 Å². The van der Waals surface area contributed by atoms with Gasteiger partial charge in [0.15, 0.2) is 5.75 Å². The van der Waals surface area contributed by atoms with E-state index in [4.69, 9.17) is 4.74 Å². The fraction of sp³-hybridized carbons (Fsp3) is 0.0645. The first-order chi connectivity index (χ1) is 19.6.